The molecule has 1 heterocycles. The molecule has 69 valence electrons. The van der Waals surface area contributed by atoms with Crippen LogP contribution in [-0.4, -0.2) is 4.98 Å². The second-order valence-electron chi connectivity index (χ2n) is 2.32. The van der Waals surface area contributed by atoms with Crippen molar-refractivity contribution >= 4 is 11.1 Å². The van der Waals surface area contributed by atoms with Gasteiger partial charge in [-0.2, -0.15) is 0 Å². The van der Waals surface area contributed by atoms with E-state index in [1.165, 1.54) is 12.0 Å². The van der Waals surface area contributed by atoms with E-state index >= 15 is 0 Å². The van der Waals surface area contributed by atoms with Gasteiger partial charge in [0.15, 0.2) is 12.0 Å². The third-order valence-electron chi connectivity index (χ3n) is 1.49. The summed E-state index contributed by atoms with van der Waals surface area (Å²) in [5, 5.41) is 0. The molecular weight excluding hydrogens is 201 g/mol. The Morgan fingerprint density at radius 1 is 1.23 bits per heavy atom. The molecule has 0 aliphatic heterocycles. The number of aryl methyl sites for hydroxylation is 1. The number of fused-ring (bicyclic) bond motifs is 1. The maximum absolute atomic E-state index is 5.09. The normalized spacial score (nSPS) is 8.54. The van der Waals surface area contributed by atoms with E-state index in [0.29, 0.717) is 0 Å². The van der Waals surface area contributed by atoms with Gasteiger partial charge in [-0.3, -0.25) is 0 Å². The van der Waals surface area contributed by atoms with E-state index in [1.807, 2.05) is 39.0 Å². The van der Waals surface area contributed by atoms with Crippen LogP contribution in [0.5, 0.6) is 0 Å². The minimum atomic E-state index is 0. The number of rotatable bonds is 0. The number of hydrogen-bond acceptors (Lipinski definition) is 2. The van der Waals surface area contributed by atoms with Gasteiger partial charge in [-0.05, 0) is 24.6 Å². The van der Waals surface area contributed by atoms with Crippen LogP contribution < -0.4 is 0 Å². The van der Waals surface area contributed by atoms with Crippen molar-refractivity contribution < 1.29 is 23.0 Å². The number of hydrogen-bond donors (Lipinski definition) is 0. The van der Waals surface area contributed by atoms with Crippen LogP contribution in [0.15, 0.2) is 29.0 Å². The van der Waals surface area contributed by atoms with Crippen molar-refractivity contribution in [2.24, 2.45) is 0 Å². The third kappa shape index (κ3) is 2.90. The molecule has 2 nitrogen and oxygen atoms in total. The van der Waals surface area contributed by atoms with Crippen molar-refractivity contribution in [3.63, 3.8) is 0 Å². The Bertz CT molecular complexity index is 356. The Hall–Kier alpha value is -0.726. The first-order chi connectivity index (χ1) is 5.86. The fourth-order valence-corrected chi connectivity index (χ4v) is 0.962. The summed E-state index contributed by atoms with van der Waals surface area (Å²) in [7, 11) is 0. The van der Waals surface area contributed by atoms with Crippen LogP contribution >= 0.6 is 0 Å². The summed E-state index contributed by atoms with van der Waals surface area (Å²) in [5.41, 5.74) is 2.98. The molecule has 1 radical (unpaired) electrons. The zero-order chi connectivity index (χ0) is 8.97. The first-order valence-electron chi connectivity index (χ1n) is 4.16. The van der Waals surface area contributed by atoms with Crippen molar-refractivity contribution in [3.8, 4) is 0 Å². The molecule has 0 amide bonds. The fourth-order valence-electron chi connectivity index (χ4n) is 0.962. The first-order valence-corrected chi connectivity index (χ1v) is 4.16. The minimum absolute atomic E-state index is 0. The van der Waals surface area contributed by atoms with Crippen LogP contribution in [-0.2, 0) is 18.6 Å². The molecule has 0 spiro atoms. The maximum Gasteiger partial charge on any atom is 0.181 e. The summed E-state index contributed by atoms with van der Waals surface area (Å²) in [6.45, 7) is 6.03. The van der Waals surface area contributed by atoms with Crippen LogP contribution in [0.25, 0.3) is 11.1 Å². The molecular formula is C10H13NOV. The minimum Gasteiger partial charge on any atom is -0.443 e. The largest absolute Gasteiger partial charge is 0.443 e. The van der Waals surface area contributed by atoms with Crippen molar-refractivity contribution in [1.82, 2.24) is 4.98 Å². The molecule has 1 aromatic carbocycles. The monoisotopic (exact) mass is 214 g/mol. The van der Waals surface area contributed by atoms with Crippen LogP contribution in [0.3, 0.4) is 0 Å². The predicted octanol–water partition coefficient (Wildman–Crippen LogP) is 3.16. The first kappa shape index (κ1) is 12.3. The van der Waals surface area contributed by atoms with Crippen molar-refractivity contribution in [3.05, 3.63) is 30.2 Å². The zero-order valence-electron chi connectivity index (χ0n) is 8.11. The van der Waals surface area contributed by atoms with Gasteiger partial charge in [0, 0.05) is 18.6 Å². The summed E-state index contributed by atoms with van der Waals surface area (Å²) in [4.78, 5) is 3.99. The molecule has 2 aromatic rings. The van der Waals surface area contributed by atoms with Gasteiger partial charge < -0.3 is 4.42 Å². The van der Waals surface area contributed by atoms with Crippen LogP contribution in [0.4, 0.5) is 0 Å². The van der Waals surface area contributed by atoms with Gasteiger partial charge in [0.25, 0.3) is 0 Å². The Kier molecular flexibility index (Phi) is 5.52. The van der Waals surface area contributed by atoms with Crippen LogP contribution in [0.2, 0.25) is 0 Å². The Morgan fingerprint density at radius 2 is 1.92 bits per heavy atom. The van der Waals surface area contributed by atoms with Gasteiger partial charge >= 0.3 is 0 Å². The second kappa shape index (κ2) is 5.84. The zero-order valence-corrected chi connectivity index (χ0v) is 9.51. The Morgan fingerprint density at radius 3 is 2.62 bits per heavy atom. The molecule has 0 bridgehead atoms. The van der Waals surface area contributed by atoms with E-state index in [-0.39, 0.29) is 18.6 Å². The number of aromatic nitrogens is 1. The van der Waals surface area contributed by atoms with E-state index in [0.717, 1.165) is 11.1 Å². The van der Waals surface area contributed by atoms with E-state index < -0.39 is 0 Å². The summed E-state index contributed by atoms with van der Waals surface area (Å²) in [6.07, 6.45) is 1.46. The van der Waals surface area contributed by atoms with Gasteiger partial charge in [-0.1, -0.05) is 19.9 Å². The molecule has 0 N–H and O–H groups in total. The molecule has 3 heteroatoms. The topological polar surface area (TPSA) is 26.0 Å². The Balaban J connectivity index is 0.000000451. The summed E-state index contributed by atoms with van der Waals surface area (Å²) in [6, 6.07) is 5.95. The van der Waals surface area contributed by atoms with E-state index in [9.17, 15) is 0 Å². The molecule has 0 saturated heterocycles. The number of nitrogens with zero attached hydrogens (tertiary/aromatic N) is 1. The van der Waals surface area contributed by atoms with Gasteiger partial charge in [0.1, 0.15) is 5.52 Å². The molecule has 0 aliphatic carbocycles. The number of benzene rings is 1. The molecule has 1 aromatic heterocycles. The Labute approximate surface area is 90.2 Å². The van der Waals surface area contributed by atoms with Crippen molar-refractivity contribution in [2.75, 3.05) is 0 Å². The van der Waals surface area contributed by atoms with E-state index in [2.05, 4.69) is 4.98 Å². The van der Waals surface area contributed by atoms with Gasteiger partial charge in [0.2, 0.25) is 0 Å². The van der Waals surface area contributed by atoms with Gasteiger partial charge in [0.05, 0.1) is 0 Å². The third-order valence-corrected chi connectivity index (χ3v) is 1.49. The molecule has 0 saturated carbocycles. The van der Waals surface area contributed by atoms with Crippen molar-refractivity contribution in [2.45, 2.75) is 20.8 Å². The molecule has 0 fully saturated rings. The standard InChI is InChI=1S/C8H7NO.C2H6.V/c1-6-2-3-7-8(4-6)10-5-9-7;1-2;/h2-5H,1H3;1-2H3;. The quantitative estimate of drug-likeness (QED) is 0.673. The van der Waals surface area contributed by atoms with E-state index in [4.69, 9.17) is 4.42 Å². The molecule has 0 atom stereocenters. The molecule has 0 unspecified atom stereocenters. The average molecular weight is 214 g/mol. The smallest absolute Gasteiger partial charge is 0.181 e. The second-order valence-corrected chi connectivity index (χ2v) is 2.32. The predicted molar refractivity (Wildman–Crippen MR) is 50.1 cm³/mol. The molecule has 0 aliphatic rings. The van der Waals surface area contributed by atoms with E-state index in [1.54, 1.807) is 0 Å². The van der Waals surface area contributed by atoms with Crippen LogP contribution in [0, 0.1) is 6.92 Å². The fraction of sp³-hybridized carbons (Fsp3) is 0.300. The molecule has 13 heavy (non-hydrogen) atoms. The SMILES string of the molecule is CC.Cc1ccc2ncoc2c1.[V]. The number of oxazole rings is 1. The summed E-state index contributed by atoms with van der Waals surface area (Å²) < 4.78 is 5.09. The molecule has 2 rings (SSSR count). The van der Waals surface area contributed by atoms with Crippen molar-refractivity contribution in [1.29, 1.82) is 0 Å². The summed E-state index contributed by atoms with van der Waals surface area (Å²) >= 11 is 0. The van der Waals surface area contributed by atoms with Crippen LogP contribution in [0.1, 0.15) is 19.4 Å². The average Bonchev–Trinajstić information content (AvgIpc) is 2.54. The van der Waals surface area contributed by atoms with Gasteiger partial charge in [-0.25, -0.2) is 4.98 Å². The maximum atomic E-state index is 5.09. The summed E-state index contributed by atoms with van der Waals surface area (Å²) in [5.74, 6) is 0. The van der Waals surface area contributed by atoms with Gasteiger partial charge in [-0.15, -0.1) is 0 Å².